The number of aromatic nitrogens is 4. The topological polar surface area (TPSA) is 104 Å². The summed E-state index contributed by atoms with van der Waals surface area (Å²) in [5, 5.41) is 0. The minimum Gasteiger partial charge on any atom is -0.403 e. The van der Waals surface area contributed by atoms with Crippen LogP contribution in [0.1, 0.15) is 0 Å². The molecule has 0 atom stereocenters. The van der Waals surface area contributed by atoms with Gasteiger partial charge in [-0.25, -0.2) is 19.6 Å². The van der Waals surface area contributed by atoms with E-state index in [1.807, 2.05) is 0 Å². The highest BCUT2D eigenvalue weighted by molar-refractivity contribution is 5.93. The zero-order chi connectivity index (χ0) is 14.2. The van der Waals surface area contributed by atoms with Crippen molar-refractivity contribution in [1.82, 2.24) is 19.9 Å². The van der Waals surface area contributed by atoms with Crippen LogP contribution < -0.4 is 9.47 Å². The number of rotatable bonds is 4. The molecule has 0 saturated heterocycles. The molecule has 20 heavy (non-hydrogen) atoms. The highest BCUT2D eigenvalue weighted by atomic mass is 16.5. The Morgan fingerprint density at radius 1 is 0.800 bits per heavy atom. The summed E-state index contributed by atoms with van der Waals surface area (Å²) in [5.74, 6) is -1.49. The van der Waals surface area contributed by atoms with Gasteiger partial charge in [-0.2, -0.15) is 0 Å². The molecule has 0 amide bonds. The zero-order valence-corrected chi connectivity index (χ0v) is 10.0. The first kappa shape index (κ1) is 13.3. The van der Waals surface area contributed by atoms with E-state index in [9.17, 15) is 9.59 Å². The third-order valence-electron chi connectivity index (χ3n) is 1.84. The van der Waals surface area contributed by atoms with Crippen molar-refractivity contribution < 1.29 is 19.1 Å². The van der Waals surface area contributed by atoms with E-state index < -0.39 is 11.9 Å². The Bertz CT molecular complexity index is 560. The lowest BCUT2D eigenvalue weighted by Gasteiger charge is -1.99. The lowest BCUT2D eigenvalue weighted by atomic mass is 10.5. The third kappa shape index (κ3) is 4.26. The molecule has 8 heteroatoms. The van der Waals surface area contributed by atoms with Crippen molar-refractivity contribution >= 4 is 11.9 Å². The van der Waals surface area contributed by atoms with Crippen LogP contribution in [0.5, 0.6) is 11.8 Å². The summed E-state index contributed by atoms with van der Waals surface area (Å²) in [6, 6.07) is 0. The highest BCUT2D eigenvalue weighted by Crippen LogP contribution is 2.03. The van der Waals surface area contributed by atoms with Crippen LogP contribution in [0.3, 0.4) is 0 Å². The first-order valence-corrected chi connectivity index (χ1v) is 5.38. The van der Waals surface area contributed by atoms with Gasteiger partial charge in [0.05, 0.1) is 12.4 Å². The Kier molecular flexibility index (Phi) is 4.44. The first-order chi connectivity index (χ1) is 9.74. The molecule has 100 valence electrons. The molecule has 0 aliphatic rings. The molecule has 8 nitrogen and oxygen atoms in total. The van der Waals surface area contributed by atoms with Crippen LogP contribution in [0.15, 0.2) is 49.3 Å². The van der Waals surface area contributed by atoms with Crippen LogP contribution in [-0.2, 0) is 9.59 Å². The number of esters is 2. The molecule has 2 aromatic rings. The first-order valence-electron chi connectivity index (χ1n) is 5.38. The fourth-order valence-corrected chi connectivity index (χ4v) is 1.09. The van der Waals surface area contributed by atoms with Gasteiger partial charge in [-0.3, -0.25) is 9.97 Å². The van der Waals surface area contributed by atoms with Gasteiger partial charge in [-0.15, -0.1) is 0 Å². The molecule has 0 aromatic carbocycles. The molecule has 2 aromatic heterocycles. The van der Waals surface area contributed by atoms with Crippen LogP contribution >= 0.6 is 0 Å². The molecule has 0 saturated carbocycles. The van der Waals surface area contributed by atoms with Gasteiger partial charge in [0, 0.05) is 36.9 Å². The lowest BCUT2D eigenvalue weighted by molar-refractivity contribution is -0.131. The smallest absolute Gasteiger partial charge is 0.337 e. The van der Waals surface area contributed by atoms with E-state index in [2.05, 4.69) is 19.9 Å². The van der Waals surface area contributed by atoms with Crippen LogP contribution in [0.2, 0.25) is 0 Å². The SMILES string of the molecule is O=C(/C=C/C(=O)Oc1cnccn1)Oc1cnccn1. The molecule has 2 heterocycles. The van der Waals surface area contributed by atoms with Crippen LogP contribution in [0.25, 0.3) is 0 Å². The van der Waals surface area contributed by atoms with Crippen molar-refractivity contribution in [2.45, 2.75) is 0 Å². The van der Waals surface area contributed by atoms with Gasteiger partial charge in [-0.1, -0.05) is 0 Å². The van der Waals surface area contributed by atoms with Gasteiger partial charge in [-0.05, 0) is 0 Å². The van der Waals surface area contributed by atoms with E-state index in [1.165, 1.54) is 37.2 Å². The summed E-state index contributed by atoms with van der Waals surface area (Å²) in [7, 11) is 0. The van der Waals surface area contributed by atoms with Gasteiger partial charge in [0.15, 0.2) is 0 Å². The summed E-state index contributed by atoms with van der Waals surface area (Å²) in [4.78, 5) is 37.6. The van der Waals surface area contributed by atoms with E-state index in [1.54, 1.807) is 0 Å². The minimum atomic E-state index is -0.776. The number of hydrogen-bond acceptors (Lipinski definition) is 8. The molecule has 0 aliphatic carbocycles. The van der Waals surface area contributed by atoms with Crippen molar-refractivity contribution in [3.63, 3.8) is 0 Å². The van der Waals surface area contributed by atoms with Gasteiger partial charge in [0.25, 0.3) is 0 Å². The molecule has 0 spiro atoms. The molecule has 2 rings (SSSR count). The second-order valence-electron chi connectivity index (χ2n) is 3.26. The maximum Gasteiger partial charge on any atom is 0.337 e. The van der Waals surface area contributed by atoms with E-state index in [4.69, 9.17) is 9.47 Å². The van der Waals surface area contributed by atoms with E-state index in [0.29, 0.717) is 0 Å². The average molecular weight is 272 g/mol. The number of nitrogens with zero attached hydrogens (tertiary/aromatic N) is 4. The lowest BCUT2D eigenvalue weighted by Crippen LogP contribution is -2.09. The van der Waals surface area contributed by atoms with Crippen molar-refractivity contribution in [3.05, 3.63) is 49.3 Å². The summed E-state index contributed by atoms with van der Waals surface area (Å²) >= 11 is 0. The average Bonchev–Trinajstić information content (AvgIpc) is 2.47. The second-order valence-corrected chi connectivity index (χ2v) is 3.26. The Hall–Kier alpha value is -3.16. The highest BCUT2D eigenvalue weighted by Gasteiger charge is 2.05. The fraction of sp³-hybridized carbons (Fsp3) is 0. The minimum absolute atomic E-state index is 0.0319. The molecule has 0 aliphatic heterocycles. The standard InChI is InChI=1S/C12H8N4O4/c17-11(19-9-7-13-3-5-15-9)1-2-12(18)20-10-8-14-4-6-16-10/h1-8H/b2-1+. The Balaban J connectivity index is 1.86. The monoisotopic (exact) mass is 272 g/mol. The van der Waals surface area contributed by atoms with Crippen LogP contribution in [-0.4, -0.2) is 31.9 Å². The number of ether oxygens (including phenoxy) is 2. The quantitative estimate of drug-likeness (QED) is 0.579. The van der Waals surface area contributed by atoms with Crippen LogP contribution in [0.4, 0.5) is 0 Å². The largest absolute Gasteiger partial charge is 0.403 e. The molecule has 0 fully saturated rings. The predicted molar refractivity (Wildman–Crippen MR) is 64.5 cm³/mol. The maximum absolute atomic E-state index is 11.4. The van der Waals surface area contributed by atoms with Crippen molar-refractivity contribution in [2.24, 2.45) is 0 Å². The predicted octanol–water partition coefficient (Wildman–Crippen LogP) is 0.334. The van der Waals surface area contributed by atoms with E-state index >= 15 is 0 Å². The number of carbonyl (C=O) groups is 2. The molecule has 0 N–H and O–H groups in total. The Morgan fingerprint density at radius 2 is 1.25 bits per heavy atom. The summed E-state index contributed by atoms with van der Waals surface area (Å²) in [6.07, 6.45) is 9.97. The summed E-state index contributed by atoms with van der Waals surface area (Å²) in [6.45, 7) is 0. The van der Waals surface area contributed by atoms with E-state index in [-0.39, 0.29) is 11.8 Å². The maximum atomic E-state index is 11.4. The van der Waals surface area contributed by atoms with Gasteiger partial charge < -0.3 is 9.47 Å². The zero-order valence-electron chi connectivity index (χ0n) is 10.0. The second kappa shape index (κ2) is 6.69. The van der Waals surface area contributed by atoms with Crippen molar-refractivity contribution in [3.8, 4) is 11.8 Å². The summed E-state index contributed by atoms with van der Waals surface area (Å²) in [5.41, 5.74) is 0. The summed E-state index contributed by atoms with van der Waals surface area (Å²) < 4.78 is 9.56. The van der Waals surface area contributed by atoms with Crippen LogP contribution in [0, 0.1) is 0 Å². The van der Waals surface area contributed by atoms with Crippen molar-refractivity contribution in [1.29, 1.82) is 0 Å². The van der Waals surface area contributed by atoms with Gasteiger partial charge in [0.2, 0.25) is 11.8 Å². The van der Waals surface area contributed by atoms with E-state index in [0.717, 1.165) is 12.2 Å². The number of hydrogen-bond donors (Lipinski definition) is 0. The third-order valence-corrected chi connectivity index (χ3v) is 1.84. The Morgan fingerprint density at radius 3 is 1.60 bits per heavy atom. The number of carbonyl (C=O) groups excluding carboxylic acids is 2. The Labute approximate surface area is 113 Å². The molecule has 0 radical (unpaired) electrons. The van der Waals surface area contributed by atoms with Gasteiger partial charge in [0.1, 0.15) is 0 Å². The van der Waals surface area contributed by atoms with Gasteiger partial charge >= 0.3 is 11.9 Å². The normalized spacial score (nSPS) is 10.2. The van der Waals surface area contributed by atoms with Crippen molar-refractivity contribution in [2.75, 3.05) is 0 Å². The molecular formula is C12H8N4O4. The molecule has 0 unspecified atom stereocenters. The molecular weight excluding hydrogens is 264 g/mol. The molecule has 0 bridgehead atoms. The fourth-order valence-electron chi connectivity index (χ4n) is 1.09.